The van der Waals surface area contributed by atoms with Crippen LogP contribution in [0.2, 0.25) is 6.04 Å². The molecule has 3 heteroatoms. The standard InChI is InChI=1S/C5H6O2Si/c6-5(7)8-3-1-2-4-8/h1-3H,4H2,(H,6,7). The lowest BCUT2D eigenvalue weighted by atomic mass is 10.6. The van der Waals surface area contributed by atoms with Crippen LogP contribution in [0, 0.1) is 0 Å². The van der Waals surface area contributed by atoms with E-state index in [9.17, 15) is 4.79 Å². The maximum Gasteiger partial charge on any atom is 0.290 e. The van der Waals surface area contributed by atoms with Gasteiger partial charge in [0, 0.05) is 0 Å². The predicted octanol–water partition coefficient (Wildman–Crippen LogP) is 0.695. The maximum atomic E-state index is 10.2. The molecule has 2 nitrogen and oxygen atoms in total. The molecule has 0 spiro atoms. The van der Waals surface area contributed by atoms with Crippen molar-refractivity contribution in [2.45, 2.75) is 6.04 Å². The number of allylic oxidation sites excluding steroid dienone is 2. The van der Waals surface area contributed by atoms with Crippen LogP contribution in [-0.2, 0) is 0 Å². The van der Waals surface area contributed by atoms with Crippen molar-refractivity contribution in [2.24, 2.45) is 0 Å². The van der Waals surface area contributed by atoms with E-state index >= 15 is 0 Å². The number of hydrogen-bond acceptors (Lipinski definition) is 1. The van der Waals surface area contributed by atoms with Crippen molar-refractivity contribution in [3.05, 3.63) is 12.2 Å². The van der Waals surface area contributed by atoms with E-state index in [4.69, 9.17) is 5.11 Å². The average molecular weight is 126 g/mol. The number of carbonyl (C=O) groups is 1. The summed E-state index contributed by atoms with van der Waals surface area (Å²) in [5.74, 6) is 0. The normalized spacial score (nSPS) is 16.2. The van der Waals surface area contributed by atoms with Crippen LogP contribution in [0.1, 0.15) is 0 Å². The van der Waals surface area contributed by atoms with Gasteiger partial charge in [0.25, 0.3) is 5.59 Å². The van der Waals surface area contributed by atoms with E-state index in [1.807, 2.05) is 12.2 Å². The summed E-state index contributed by atoms with van der Waals surface area (Å²) in [5.41, 5.74) is 1.17. The lowest BCUT2D eigenvalue weighted by molar-refractivity contribution is 0.219. The molecule has 0 aromatic carbocycles. The van der Waals surface area contributed by atoms with Crippen molar-refractivity contribution in [1.82, 2.24) is 0 Å². The van der Waals surface area contributed by atoms with E-state index in [0.29, 0.717) is 0 Å². The van der Waals surface area contributed by atoms with Crippen molar-refractivity contribution in [3.63, 3.8) is 0 Å². The smallest absolute Gasteiger partial charge is 0.290 e. The molecule has 0 fully saturated rings. The van der Waals surface area contributed by atoms with E-state index in [1.54, 1.807) is 5.67 Å². The van der Waals surface area contributed by atoms with Gasteiger partial charge in [0.2, 0.25) is 0 Å². The van der Waals surface area contributed by atoms with Gasteiger partial charge in [-0.25, -0.2) is 0 Å². The zero-order valence-corrected chi connectivity index (χ0v) is 5.29. The molecule has 0 bridgehead atoms. The van der Waals surface area contributed by atoms with Gasteiger partial charge in [-0.1, -0.05) is 17.8 Å². The third-order valence-electron chi connectivity index (χ3n) is 1.05. The fraction of sp³-hybridized carbons (Fsp3) is 0.200. The zero-order chi connectivity index (χ0) is 5.98. The van der Waals surface area contributed by atoms with Crippen LogP contribution in [0.3, 0.4) is 0 Å². The van der Waals surface area contributed by atoms with Gasteiger partial charge in [0.15, 0.2) is 8.41 Å². The summed E-state index contributed by atoms with van der Waals surface area (Å²) in [6.07, 6.45) is 3.74. The molecule has 42 valence electrons. The van der Waals surface area contributed by atoms with Crippen molar-refractivity contribution >= 4 is 19.7 Å². The van der Waals surface area contributed by atoms with Crippen molar-refractivity contribution < 1.29 is 9.90 Å². The van der Waals surface area contributed by atoms with E-state index in [0.717, 1.165) is 6.04 Å². The summed E-state index contributed by atoms with van der Waals surface area (Å²) in [5, 5.41) is 8.39. The summed E-state index contributed by atoms with van der Waals surface area (Å²) >= 11 is 0. The lowest BCUT2D eigenvalue weighted by Crippen LogP contribution is -2.12. The Morgan fingerprint density at radius 2 is 2.50 bits per heavy atom. The van der Waals surface area contributed by atoms with Crippen LogP contribution in [0.5, 0.6) is 0 Å². The fourth-order valence-electron chi connectivity index (χ4n) is 0.606. The zero-order valence-electron chi connectivity index (χ0n) is 4.29. The molecule has 0 aromatic rings. The molecule has 0 saturated heterocycles. The monoisotopic (exact) mass is 126 g/mol. The second kappa shape index (κ2) is 2.04. The Balaban J connectivity index is 2.64. The van der Waals surface area contributed by atoms with E-state index in [1.165, 1.54) is 0 Å². The first-order valence-corrected chi connectivity index (χ1v) is 4.18. The van der Waals surface area contributed by atoms with Crippen molar-refractivity contribution in [2.75, 3.05) is 0 Å². The molecule has 8 heavy (non-hydrogen) atoms. The molecule has 1 aliphatic heterocycles. The van der Waals surface area contributed by atoms with Crippen LogP contribution < -0.4 is 0 Å². The van der Waals surface area contributed by atoms with Gasteiger partial charge in [-0.2, -0.15) is 0 Å². The summed E-state index contributed by atoms with van der Waals surface area (Å²) in [7, 11) is -1.15. The molecular weight excluding hydrogens is 120 g/mol. The molecular formula is C5H6O2Si. The van der Waals surface area contributed by atoms with Crippen molar-refractivity contribution in [3.8, 4) is 0 Å². The average Bonchev–Trinajstić information content (AvgIpc) is 2.12. The van der Waals surface area contributed by atoms with Crippen LogP contribution >= 0.6 is 0 Å². The number of hydrogen-bond donors (Lipinski definition) is 1. The van der Waals surface area contributed by atoms with Gasteiger partial charge >= 0.3 is 0 Å². The van der Waals surface area contributed by atoms with Gasteiger partial charge < -0.3 is 5.11 Å². The highest BCUT2D eigenvalue weighted by Crippen LogP contribution is 1.93. The topological polar surface area (TPSA) is 37.3 Å². The molecule has 0 saturated carbocycles. The maximum absolute atomic E-state index is 10.2. The van der Waals surface area contributed by atoms with Gasteiger partial charge in [0.05, 0.1) is 0 Å². The summed E-state index contributed by atoms with van der Waals surface area (Å²) < 4.78 is 0. The van der Waals surface area contributed by atoms with Crippen LogP contribution in [0.4, 0.5) is 4.79 Å². The molecule has 1 N–H and O–H groups in total. The van der Waals surface area contributed by atoms with E-state index in [2.05, 4.69) is 0 Å². The molecule has 0 unspecified atom stereocenters. The first-order valence-electron chi connectivity index (χ1n) is 2.39. The molecule has 0 aromatic heterocycles. The number of carboxylic acid groups (broad SMARTS) is 1. The minimum absolute atomic E-state index is 0.625. The Kier molecular flexibility index (Phi) is 1.39. The molecule has 0 atom stereocenters. The van der Waals surface area contributed by atoms with Crippen molar-refractivity contribution in [1.29, 1.82) is 0 Å². The lowest BCUT2D eigenvalue weighted by Gasteiger charge is -1.85. The fourth-order valence-corrected chi connectivity index (χ4v) is 1.82. The minimum Gasteiger partial charge on any atom is -0.483 e. The van der Waals surface area contributed by atoms with E-state index < -0.39 is 14.0 Å². The highest BCUT2D eigenvalue weighted by molar-refractivity contribution is 6.93. The van der Waals surface area contributed by atoms with E-state index in [-0.39, 0.29) is 0 Å². The predicted molar refractivity (Wildman–Crippen MR) is 33.8 cm³/mol. The number of rotatable bonds is 1. The largest absolute Gasteiger partial charge is 0.483 e. The third-order valence-corrected chi connectivity index (χ3v) is 2.87. The van der Waals surface area contributed by atoms with Crippen LogP contribution in [0.15, 0.2) is 12.2 Å². The first-order chi connectivity index (χ1) is 3.80. The van der Waals surface area contributed by atoms with Gasteiger partial charge in [0.1, 0.15) is 0 Å². The summed E-state index contributed by atoms with van der Waals surface area (Å²) in [4.78, 5) is 10.2. The minimum atomic E-state index is -1.15. The highest BCUT2D eigenvalue weighted by atomic mass is 28.2. The molecule has 1 aliphatic rings. The Labute approximate surface area is 48.7 Å². The Hall–Kier alpha value is -0.703. The third kappa shape index (κ3) is 0.922. The Bertz CT molecular complexity index is 169. The second-order valence-corrected chi connectivity index (χ2v) is 3.85. The molecule has 0 amide bonds. The molecule has 1 rings (SSSR count). The molecule has 1 heterocycles. The van der Waals surface area contributed by atoms with Crippen LogP contribution in [0.25, 0.3) is 0 Å². The Morgan fingerprint density at radius 1 is 1.75 bits per heavy atom. The summed E-state index contributed by atoms with van der Waals surface area (Å²) in [6.45, 7) is 0. The molecule has 0 aliphatic carbocycles. The SMILES string of the molecule is O=C(O)[Si]1=CC=CC1. The quantitative estimate of drug-likeness (QED) is 0.525. The highest BCUT2D eigenvalue weighted by Gasteiger charge is 2.07. The van der Waals surface area contributed by atoms with Gasteiger partial charge in [-0.15, -0.1) is 0 Å². The molecule has 0 radical (unpaired) electrons. The Morgan fingerprint density at radius 3 is 2.75 bits per heavy atom. The summed E-state index contributed by atoms with van der Waals surface area (Å²) in [6, 6.07) is 0.764. The van der Waals surface area contributed by atoms with Gasteiger partial charge in [-0.3, -0.25) is 4.79 Å². The second-order valence-electron chi connectivity index (χ2n) is 1.63. The first kappa shape index (κ1) is 5.43. The van der Waals surface area contributed by atoms with Crippen LogP contribution in [-0.4, -0.2) is 24.8 Å². The van der Waals surface area contributed by atoms with Gasteiger partial charge in [-0.05, 0) is 6.04 Å².